The standard InChI is InChI=1S/C31H34FN5O6S/c1-18(26-14-21(17-44-26)28(33)34)36-30(40)25-13-20(31-41-11-2-12-42-31)16-37(25)27(38)15-35-29(39)19-3-7-23(8-4-19)43-24-9-5-22(32)6-10-24/h3-10,14,17-18,20,25,31H,2,11-13,15-16H2,1H3,(H3,33,34)(H,35,39)(H,36,40)/t18?,20-,25+/m1/s1. The van der Waals surface area contributed by atoms with E-state index in [2.05, 4.69) is 10.6 Å². The Morgan fingerprint density at radius 3 is 2.39 bits per heavy atom. The molecule has 5 rings (SSSR count). The van der Waals surface area contributed by atoms with Gasteiger partial charge in [-0.3, -0.25) is 19.8 Å². The molecule has 11 nitrogen and oxygen atoms in total. The van der Waals surface area contributed by atoms with Crippen LogP contribution >= 0.6 is 11.3 Å². The molecule has 0 saturated carbocycles. The van der Waals surface area contributed by atoms with E-state index in [-0.39, 0.29) is 42.6 Å². The lowest BCUT2D eigenvalue weighted by Gasteiger charge is -2.28. The summed E-state index contributed by atoms with van der Waals surface area (Å²) in [6, 6.07) is 12.5. The zero-order valence-electron chi connectivity index (χ0n) is 24.1. The van der Waals surface area contributed by atoms with Crippen LogP contribution in [0.3, 0.4) is 0 Å². The van der Waals surface area contributed by atoms with Crippen molar-refractivity contribution in [2.45, 2.75) is 38.1 Å². The first kappa shape index (κ1) is 31.1. The number of halogens is 1. The quantitative estimate of drug-likeness (QED) is 0.199. The van der Waals surface area contributed by atoms with Gasteiger partial charge >= 0.3 is 0 Å². The molecule has 0 aliphatic carbocycles. The topological polar surface area (TPSA) is 156 Å². The second-order valence-electron chi connectivity index (χ2n) is 10.7. The zero-order valence-corrected chi connectivity index (χ0v) is 24.9. The average molecular weight is 624 g/mol. The number of thiophene rings is 1. The maximum atomic E-state index is 13.5. The van der Waals surface area contributed by atoms with Crippen LogP contribution in [0.25, 0.3) is 0 Å². The van der Waals surface area contributed by atoms with Crippen LogP contribution in [-0.4, -0.2) is 67.1 Å². The van der Waals surface area contributed by atoms with Crippen molar-refractivity contribution in [1.82, 2.24) is 15.5 Å². The van der Waals surface area contributed by atoms with Gasteiger partial charge in [0.15, 0.2) is 6.29 Å². The predicted octanol–water partition coefficient (Wildman–Crippen LogP) is 3.55. The van der Waals surface area contributed by atoms with Crippen LogP contribution in [0.1, 0.15) is 46.6 Å². The number of amides is 3. The second kappa shape index (κ2) is 14.0. The number of likely N-dealkylation sites (tertiary alicyclic amines) is 1. The fourth-order valence-electron chi connectivity index (χ4n) is 5.14. The van der Waals surface area contributed by atoms with E-state index in [1.54, 1.807) is 35.7 Å². The van der Waals surface area contributed by atoms with Gasteiger partial charge in [0.2, 0.25) is 11.8 Å². The lowest BCUT2D eigenvalue weighted by Crippen LogP contribution is -2.49. The first-order valence-electron chi connectivity index (χ1n) is 14.3. The van der Waals surface area contributed by atoms with Crippen molar-refractivity contribution in [2.24, 2.45) is 11.7 Å². The van der Waals surface area contributed by atoms with E-state index in [9.17, 15) is 18.8 Å². The van der Waals surface area contributed by atoms with Crippen molar-refractivity contribution in [1.29, 1.82) is 5.41 Å². The van der Waals surface area contributed by atoms with Gasteiger partial charge in [-0.05, 0) is 74.4 Å². The average Bonchev–Trinajstić information content (AvgIpc) is 3.71. The lowest BCUT2D eigenvalue weighted by molar-refractivity contribution is -0.202. The van der Waals surface area contributed by atoms with E-state index in [1.807, 2.05) is 6.92 Å². The summed E-state index contributed by atoms with van der Waals surface area (Å²) in [6.07, 6.45) is 0.610. The molecule has 2 aliphatic heterocycles. The van der Waals surface area contributed by atoms with Gasteiger partial charge in [-0.2, -0.15) is 0 Å². The minimum Gasteiger partial charge on any atom is -0.457 e. The molecular formula is C31H34FN5O6S. The first-order valence-corrected chi connectivity index (χ1v) is 15.1. The van der Waals surface area contributed by atoms with Gasteiger partial charge in [0.1, 0.15) is 29.2 Å². The summed E-state index contributed by atoms with van der Waals surface area (Å²) in [4.78, 5) is 42.0. The molecule has 3 heterocycles. The molecule has 3 atom stereocenters. The minimum absolute atomic E-state index is 0.0507. The van der Waals surface area contributed by atoms with Gasteiger partial charge < -0.3 is 35.5 Å². The van der Waals surface area contributed by atoms with Crippen molar-refractivity contribution in [2.75, 3.05) is 26.3 Å². The van der Waals surface area contributed by atoms with E-state index < -0.39 is 24.1 Å². The second-order valence-corrected chi connectivity index (χ2v) is 11.6. The maximum Gasteiger partial charge on any atom is 0.251 e. The number of nitrogens with two attached hydrogens (primary N) is 1. The van der Waals surface area contributed by atoms with Gasteiger partial charge in [0, 0.05) is 33.8 Å². The number of nitrogens with one attached hydrogen (secondary N) is 3. The molecule has 3 aromatic rings. The van der Waals surface area contributed by atoms with Crippen molar-refractivity contribution >= 4 is 34.9 Å². The Hall–Kier alpha value is -4.33. The summed E-state index contributed by atoms with van der Waals surface area (Å²) in [5.41, 5.74) is 6.48. The Balaban J connectivity index is 1.21. The van der Waals surface area contributed by atoms with Crippen LogP contribution in [0, 0.1) is 17.1 Å². The molecule has 1 unspecified atom stereocenters. The largest absolute Gasteiger partial charge is 0.457 e. The number of hydrogen-bond acceptors (Lipinski definition) is 8. The monoisotopic (exact) mass is 623 g/mol. The highest BCUT2D eigenvalue weighted by atomic mass is 32.1. The smallest absolute Gasteiger partial charge is 0.251 e. The number of carbonyl (C=O) groups is 3. The molecule has 2 saturated heterocycles. The molecule has 5 N–H and O–H groups in total. The summed E-state index contributed by atoms with van der Waals surface area (Å²) >= 11 is 1.39. The van der Waals surface area contributed by atoms with Gasteiger partial charge in [0.25, 0.3) is 5.91 Å². The van der Waals surface area contributed by atoms with Gasteiger partial charge in [-0.25, -0.2) is 4.39 Å². The number of nitrogen functional groups attached to an aromatic ring is 1. The molecule has 44 heavy (non-hydrogen) atoms. The number of amidine groups is 1. The van der Waals surface area contributed by atoms with Crippen molar-refractivity contribution < 1.29 is 33.0 Å². The van der Waals surface area contributed by atoms with Crippen LogP contribution in [0.4, 0.5) is 4.39 Å². The van der Waals surface area contributed by atoms with Gasteiger partial charge in [0.05, 0.1) is 25.8 Å². The molecular weight excluding hydrogens is 589 g/mol. The van der Waals surface area contributed by atoms with Crippen molar-refractivity contribution in [3.05, 3.63) is 81.8 Å². The third-order valence-electron chi connectivity index (χ3n) is 7.48. The van der Waals surface area contributed by atoms with Crippen LogP contribution in [-0.2, 0) is 19.1 Å². The number of rotatable bonds is 10. The summed E-state index contributed by atoms with van der Waals surface area (Å²) in [6.45, 7) is 2.86. The highest BCUT2D eigenvalue weighted by molar-refractivity contribution is 7.10. The molecule has 0 bridgehead atoms. The van der Waals surface area contributed by atoms with Crippen molar-refractivity contribution in [3.8, 4) is 11.5 Å². The van der Waals surface area contributed by atoms with Crippen LogP contribution < -0.4 is 21.1 Å². The number of benzene rings is 2. The Bertz CT molecular complexity index is 1490. The predicted molar refractivity (Wildman–Crippen MR) is 161 cm³/mol. The molecule has 2 fully saturated rings. The van der Waals surface area contributed by atoms with Gasteiger partial charge in [-0.15, -0.1) is 11.3 Å². The fraction of sp³-hybridized carbons (Fsp3) is 0.355. The normalized spacial score (nSPS) is 19.3. The van der Waals surface area contributed by atoms with E-state index in [4.69, 9.17) is 25.4 Å². The molecule has 232 valence electrons. The molecule has 0 spiro atoms. The van der Waals surface area contributed by atoms with Gasteiger partial charge in [-0.1, -0.05) is 0 Å². The molecule has 3 amide bonds. The highest BCUT2D eigenvalue weighted by Crippen LogP contribution is 2.31. The summed E-state index contributed by atoms with van der Waals surface area (Å²) in [7, 11) is 0. The Morgan fingerprint density at radius 1 is 1.09 bits per heavy atom. The minimum atomic E-state index is -0.781. The molecule has 1 aromatic heterocycles. The number of hydrogen-bond donors (Lipinski definition) is 4. The molecule has 0 radical (unpaired) electrons. The van der Waals surface area contributed by atoms with E-state index in [0.717, 1.165) is 11.3 Å². The summed E-state index contributed by atoms with van der Waals surface area (Å²) < 4.78 is 30.4. The summed E-state index contributed by atoms with van der Waals surface area (Å²) in [5, 5.41) is 15.0. The highest BCUT2D eigenvalue weighted by Gasteiger charge is 2.44. The first-order chi connectivity index (χ1) is 21.2. The fourth-order valence-corrected chi connectivity index (χ4v) is 6.06. The van der Waals surface area contributed by atoms with Crippen LogP contribution in [0.2, 0.25) is 0 Å². The van der Waals surface area contributed by atoms with Crippen molar-refractivity contribution in [3.63, 3.8) is 0 Å². The van der Waals surface area contributed by atoms with E-state index >= 15 is 0 Å². The molecule has 13 heteroatoms. The maximum absolute atomic E-state index is 13.5. The number of ether oxygens (including phenoxy) is 3. The Labute approximate surface area is 258 Å². The number of carbonyl (C=O) groups excluding carboxylic acids is 3. The SMILES string of the molecule is CC(NC(=O)[C@@H]1C[C@@H](C2OCCCO2)CN1C(=O)CNC(=O)c1ccc(Oc2ccc(F)cc2)cc1)c1cc(C(=N)N)cs1. The summed E-state index contributed by atoms with van der Waals surface area (Å²) in [5.74, 6) is -0.918. The Morgan fingerprint density at radius 2 is 1.75 bits per heavy atom. The van der Waals surface area contributed by atoms with E-state index in [1.165, 1.54) is 40.5 Å². The van der Waals surface area contributed by atoms with Crippen LogP contribution in [0.5, 0.6) is 11.5 Å². The Kier molecular flexibility index (Phi) is 9.88. The van der Waals surface area contributed by atoms with Crippen LogP contribution in [0.15, 0.2) is 60.0 Å². The molecule has 2 aromatic carbocycles. The third-order valence-corrected chi connectivity index (χ3v) is 8.59. The zero-order chi connectivity index (χ0) is 31.2. The third kappa shape index (κ3) is 7.59. The van der Waals surface area contributed by atoms with E-state index in [0.29, 0.717) is 42.3 Å². The molecule has 2 aliphatic rings. The number of nitrogens with zero attached hydrogens (tertiary/aromatic N) is 1. The lowest BCUT2D eigenvalue weighted by atomic mass is 10.0.